The van der Waals surface area contributed by atoms with E-state index in [1.807, 2.05) is 0 Å². The molecule has 3 rings (SSSR count). The van der Waals surface area contributed by atoms with Gasteiger partial charge in [0.2, 0.25) is 5.91 Å². The van der Waals surface area contributed by atoms with Crippen molar-refractivity contribution < 1.29 is 19.1 Å². The number of hydrogen-bond donors (Lipinski definition) is 2. The molecule has 0 radical (unpaired) electrons. The molecule has 1 unspecified atom stereocenters. The third-order valence-corrected chi connectivity index (χ3v) is 4.27. The monoisotopic (exact) mass is 321 g/mol. The lowest BCUT2D eigenvalue weighted by Gasteiger charge is -2.23. The highest BCUT2D eigenvalue weighted by Crippen LogP contribution is 2.32. The SMILES string of the molecule is CC1Oc2ccc(NC(=O)CN3CCSC3=O)cc2NC1=O. The summed E-state index contributed by atoms with van der Waals surface area (Å²) in [7, 11) is 0. The Morgan fingerprint density at radius 1 is 1.50 bits per heavy atom. The van der Waals surface area contributed by atoms with Crippen molar-refractivity contribution in [1.82, 2.24) is 4.90 Å². The number of rotatable bonds is 3. The van der Waals surface area contributed by atoms with Crippen LogP contribution in [0.25, 0.3) is 0 Å². The Labute approximate surface area is 131 Å². The van der Waals surface area contributed by atoms with Gasteiger partial charge in [-0.2, -0.15) is 0 Å². The molecule has 2 heterocycles. The molecule has 0 aliphatic carbocycles. The van der Waals surface area contributed by atoms with Gasteiger partial charge in [0, 0.05) is 18.0 Å². The predicted molar refractivity (Wildman–Crippen MR) is 83.2 cm³/mol. The predicted octanol–water partition coefficient (Wildman–Crippen LogP) is 1.51. The first-order valence-electron chi connectivity index (χ1n) is 6.86. The van der Waals surface area contributed by atoms with Gasteiger partial charge in [-0.3, -0.25) is 14.4 Å². The second-order valence-corrected chi connectivity index (χ2v) is 6.09. The molecule has 0 saturated carbocycles. The fourth-order valence-electron chi connectivity index (χ4n) is 2.23. The number of anilines is 2. The molecule has 22 heavy (non-hydrogen) atoms. The smallest absolute Gasteiger partial charge is 0.282 e. The molecule has 0 bridgehead atoms. The van der Waals surface area contributed by atoms with Crippen molar-refractivity contribution in [1.29, 1.82) is 0 Å². The number of hydrogen-bond acceptors (Lipinski definition) is 5. The Balaban J connectivity index is 1.66. The van der Waals surface area contributed by atoms with Gasteiger partial charge in [-0.05, 0) is 25.1 Å². The lowest BCUT2D eigenvalue weighted by atomic mass is 10.2. The van der Waals surface area contributed by atoms with E-state index >= 15 is 0 Å². The summed E-state index contributed by atoms with van der Waals surface area (Å²) in [5, 5.41) is 5.36. The molecule has 2 N–H and O–H groups in total. The quantitative estimate of drug-likeness (QED) is 0.881. The first-order chi connectivity index (χ1) is 10.5. The van der Waals surface area contributed by atoms with Crippen LogP contribution < -0.4 is 15.4 Å². The number of fused-ring (bicyclic) bond motifs is 1. The molecule has 2 aliphatic heterocycles. The first-order valence-corrected chi connectivity index (χ1v) is 7.84. The van der Waals surface area contributed by atoms with Crippen LogP contribution >= 0.6 is 11.8 Å². The highest BCUT2D eigenvalue weighted by Gasteiger charge is 2.25. The van der Waals surface area contributed by atoms with Gasteiger partial charge in [0.1, 0.15) is 12.3 Å². The minimum Gasteiger partial charge on any atom is -0.479 e. The second kappa shape index (κ2) is 5.88. The van der Waals surface area contributed by atoms with Gasteiger partial charge >= 0.3 is 0 Å². The highest BCUT2D eigenvalue weighted by molar-refractivity contribution is 8.13. The third-order valence-electron chi connectivity index (χ3n) is 3.37. The van der Waals surface area contributed by atoms with Gasteiger partial charge in [0.05, 0.1) is 5.69 Å². The zero-order valence-corrected chi connectivity index (χ0v) is 12.7. The molecule has 0 aromatic heterocycles. The van der Waals surface area contributed by atoms with Gasteiger partial charge in [0.25, 0.3) is 11.1 Å². The van der Waals surface area contributed by atoms with Crippen LogP contribution in [0.1, 0.15) is 6.92 Å². The minimum absolute atomic E-state index is 0.0306. The second-order valence-electron chi connectivity index (χ2n) is 5.04. The fraction of sp³-hybridized carbons (Fsp3) is 0.357. The lowest BCUT2D eigenvalue weighted by Crippen LogP contribution is -2.34. The number of nitrogens with zero attached hydrogens (tertiary/aromatic N) is 1. The molecule has 1 atom stereocenters. The number of thioether (sulfide) groups is 1. The van der Waals surface area contributed by atoms with Crippen LogP contribution in [-0.4, -0.2) is 46.9 Å². The zero-order chi connectivity index (χ0) is 15.7. The molecule has 3 amide bonds. The van der Waals surface area contributed by atoms with Gasteiger partial charge < -0.3 is 20.3 Å². The number of nitrogens with one attached hydrogen (secondary N) is 2. The summed E-state index contributed by atoms with van der Waals surface area (Å²) in [5.41, 5.74) is 1.07. The van der Waals surface area contributed by atoms with Gasteiger partial charge in [0.15, 0.2) is 6.10 Å². The van der Waals surface area contributed by atoms with Crippen LogP contribution in [0.2, 0.25) is 0 Å². The van der Waals surface area contributed by atoms with Crippen molar-refractivity contribution in [2.24, 2.45) is 0 Å². The standard InChI is InChI=1S/C14H15N3O4S/c1-8-13(19)16-10-6-9(2-3-11(10)21-8)15-12(18)7-17-4-5-22-14(17)20/h2-3,6,8H,4-5,7H2,1H3,(H,15,18)(H,16,19). The van der Waals surface area contributed by atoms with Crippen LogP contribution in [0, 0.1) is 0 Å². The Morgan fingerprint density at radius 2 is 2.32 bits per heavy atom. The molecule has 1 fully saturated rings. The molecule has 7 nitrogen and oxygen atoms in total. The van der Waals surface area contributed by atoms with Crippen molar-refractivity contribution >= 4 is 40.2 Å². The Bertz CT molecular complexity index is 649. The number of carbonyl (C=O) groups excluding carboxylic acids is 3. The number of amides is 3. The summed E-state index contributed by atoms with van der Waals surface area (Å²) in [5.74, 6) is 0.783. The molecule has 116 valence electrons. The summed E-state index contributed by atoms with van der Waals surface area (Å²) in [6.45, 7) is 2.28. The van der Waals surface area contributed by atoms with E-state index in [2.05, 4.69) is 10.6 Å². The Hall–Kier alpha value is -2.22. The first kappa shape index (κ1) is 14.7. The van der Waals surface area contributed by atoms with Crippen LogP contribution in [0.4, 0.5) is 16.2 Å². The maximum atomic E-state index is 12.0. The summed E-state index contributed by atoms with van der Waals surface area (Å²) in [4.78, 5) is 36.5. The van der Waals surface area contributed by atoms with Crippen molar-refractivity contribution in [3.63, 3.8) is 0 Å². The van der Waals surface area contributed by atoms with E-state index in [1.54, 1.807) is 25.1 Å². The number of carbonyl (C=O) groups is 3. The average molecular weight is 321 g/mol. The molecule has 1 saturated heterocycles. The van der Waals surface area contributed by atoms with E-state index in [0.717, 1.165) is 0 Å². The van der Waals surface area contributed by atoms with E-state index in [4.69, 9.17) is 4.74 Å². The van der Waals surface area contributed by atoms with Crippen molar-refractivity contribution in [2.75, 3.05) is 29.5 Å². The zero-order valence-electron chi connectivity index (χ0n) is 11.9. The average Bonchev–Trinajstić information content (AvgIpc) is 2.86. The van der Waals surface area contributed by atoms with Crippen molar-refractivity contribution in [3.8, 4) is 5.75 Å². The fourth-order valence-corrected chi connectivity index (χ4v) is 3.05. The third kappa shape index (κ3) is 3.01. The van der Waals surface area contributed by atoms with E-state index < -0.39 is 6.10 Å². The van der Waals surface area contributed by atoms with E-state index in [1.165, 1.54) is 16.7 Å². The van der Waals surface area contributed by atoms with Crippen LogP contribution in [0.3, 0.4) is 0 Å². The van der Waals surface area contributed by atoms with E-state index in [9.17, 15) is 14.4 Å². The normalized spacial score (nSPS) is 20.2. The molecule has 0 spiro atoms. The van der Waals surface area contributed by atoms with Crippen molar-refractivity contribution in [2.45, 2.75) is 13.0 Å². The lowest BCUT2D eigenvalue weighted by molar-refractivity contribution is -0.122. The van der Waals surface area contributed by atoms with Crippen LogP contribution in [0.15, 0.2) is 18.2 Å². The highest BCUT2D eigenvalue weighted by atomic mass is 32.2. The van der Waals surface area contributed by atoms with Crippen LogP contribution in [0.5, 0.6) is 5.75 Å². The molecule has 2 aliphatic rings. The van der Waals surface area contributed by atoms with Crippen LogP contribution in [-0.2, 0) is 9.59 Å². The maximum Gasteiger partial charge on any atom is 0.282 e. The maximum absolute atomic E-state index is 12.0. The molecular formula is C14H15N3O4S. The van der Waals surface area contributed by atoms with Gasteiger partial charge in [-0.15, -0.1) is 0 Å². The summed E-state index contributed by atoms with van der Waals surface area (Å²) >= 11 is 1.22. The van der Waals surface area contributed by atoms with Crippen molar-refractivity contribution in [3.05, 3.63) is 18.2 Å². The molecular weight excluding hydrogens is 306 g/mol. The number of benzene rings is 1. The molecule has 1 aromatic rings. The topological polar surface area (TPSA) is 87.7 Å². The number of ether oxygens (including phenoxy) is 1. The largest absolute Gasteiger partial charge is 0.479 e. The summed E-state index contributed by atoms with van der Waals surface area (Å²) in [6.07, 6.45) is -0.536. The summed E-state index contributed by atoms with van der Waals surface area (Å²) in [6, 6.07) is 5.02. The van der Waals surface area contributed by atoms with E-state index in [-0.39, 0.29) is 23.6 Å². The van der Waals surface area contributed by atoms with Gasteiger partial charge in [-0.25, -0.2) is 0 Å². The Morgan fingerprint density at radius 3 is 3.05 bits per heavy atom. The van der Waals surface area contributed by atoms with Gasteiger partial charge in [-0.1, -0.05) is 11.8 Å². The molecule has 8 heteroatoms. The van der Waals surface area contributed by atoms with E-state index in [0.29, 0.717) is 29.4 Å². The Kier molecular flexibility index (Phi) is 3.93. The molecule has 1 aromatic carbocycles. The minimum atomic E-state index is -0.536. The summed E-state index contributed by atoms with van der Waals surface area (Å²) < 4.78 is 5.45.